The summed E-state index contributed by atoms with van der Waals surface area (Å²) in [5.41, 5.74) is 3.12. The summed E-state index contributed by atoms with van der Waals surface area (Å²) in [5, 5.41) is 5.94. The zero-order chi connectivity index (χ0) is 19.1. The highest BCUT2D eigenvalue weighted by Crippen LogP contribution is 2.20. The first-order chi connectivity index (χ1) is 13.2. The lowest BCUT2D eigenvalue weighted by molar-refractivity contribution is 0.102. The van der Waals surface area contributed by atoms with Crippen molar-refractivity contribution in [2.45, 2.75) is 27.1 Å². The zero-order valence-electron chi connectivity index (χ0n) is 15.4. The minimum absolute atomic E-state index is 0.186. The van der Waals surface area contributed by atoms with Crippen LogP contribution in [0, 0.1) is 6.92 Å². The highest BCUT2D eigenvalue weighted by Gasteiger charge is 2.10. The molecular weight excluding hydrogens is 360 g/mol. The van der Waals surface area contributed by atoms with Crippen LogP contribution >= 0.6 is 11.3 Å². The molecule has 0 spiro atoms. The molecule has 0 saturated carbocycles. The molecule has 0 fully saturated rings. The monoisotopic (exact) mass is 382 g/mol. The summed E-state index contributed by atoms with van der Waals surface area (Å²) in [4.78, 5) is 17.0. The third-order valence-corrected chi connectivity index (χ3v) is 4.70. The number of carbonyl (C=O) groups excluding carboxylic acids is 1. The van der Waals surface area contributed by atoms with Gasteiger partial charge in [0.25, 0.3) is 5.91 Å². The van der Waals surface area contributed by atoms with Gasteiger partial charge in [-0.1, -0.05) is 24.3 Å². The van der Waals surface area contributed by atoms with Gasteiger partial charge >= 0.3 is 0 Å². The molecule has 5 nitrogen and oxygen atoms in total. The van der Waals surface area contributed by atoms with Crippen molar-refractivity contribution in [2.24, 2.45) is 0 Å². The summed E-state index contributed by atoms with van der Waals surface area (Å²) in [6, 6.07) is 14.8. The van der Waals surface area contributed by atoms with E-state index in [9.17, 15) is 4.79 Å². The van der Waals surface area contributed by atoms with E-state index in [1.165, 1.54) is 0 Å². The van der Waals surface area contributed by atoms with Crippen LogP contribution in [0.4, 0.5) is 5.69 Å². The van der Waals surface area contributed by atoms with Gasteiger partial charge in [-0.2, -0.15) is 0 Å². The maximum absolute atomic E-state index is 12.7. The molecule has 0 aliphatic carbocycles. The summed E-state index contributed by atoms with van der Waals surface area (Å²) < 4.78 is 11.2. The summed E-state index contributed by atoms with van der Waals surface area (Å²) in [7, 11) is 0. The van der Waals surface area contributed by atoms with E-state index in [1.807, 2.05) is 55.6 Å². The molecule has 1 N–H and O–H groups in total. The summed E-state index contributed by atoms with van der Waals surface area (Å²) in [5.74, 6) is 0.449. The summed E-state index contributed by atoms with van der Waals surface area (Å²) >= 11 is 1.59. The Bertz CT molecular complexity index is 908. The van der Waals surface area contributed by atoms with Crippen molar-refractivity contribution in [1.29, 1.82) is 0 Å². The van der Waals surface area contributed by atoms with E-state index in [4.69, 9.17) is 9.47 Å². The van der Waals surface area contributed by atoms with Gasteiger partial charge in [-0.25, -0.2) is 4.98 Å². The van der Waals surface area contributed by atoms with Gasteiger partial charge in [0.05, 0.1) is 17.3 Å². The number of carbonyl (C=O) groups is 1. The minimum atomic E-state index is -0.186. The third kappa shape index (κ3) is 5.39. The number of aryl methyl sites for hydroxylation is 1. The average molecular weight is 382 g/mol. The van der Waals surface area contributed by atoms with Crippen LogP contribution in [0.5, 0.6) is 5.75 Å². The highest BCUT2D eigenvalue weighted by atomic mass is 32.1. The molecule has 0 bridgehead atoms. The van der Waals surface area contributed by atoms with Crippen molar-refractivity contribution in [3.63, 3.8) is 0 Å². The first-order valence-electron chi connectivity index (χ1n) is 8.76. The fourth-order valence-electron chi connectivity index (χ4n) is 2.53. The van der Waals surface area contributed by atoms with E-state index in [-0.39, 0.29) is 5.91 Å². The number of ether oxygens (including phenoxy) is 2. The van der Waals surface area contributed by atoms with Gasteiger partial charge in [0.2, 0.25) is 0 Å². The molecule has 0 unspecified atom stereocenters. The van der Waals surface area contributed by atoms with Gasteiger partial charge in [-0.05, 0) is 38.1 Å². The molecule has 0 aliphatic heterocycles. The number of amides is 1. The highest BCUT2D eigenvalue weighted by molar-refractivity contribution is 7.09. The van der Waals surface area contributed by atoms with Crippen LogP contribution in [-0.4, -0.2) is 17.5 Å². The summed E-state index contributed by atoms with van der Waals surface area (Å²) in [6.45, 7) is 5.37. The number of aromatic nitrogens is 1. The Morgan fingerprint density at radius 3 is 2.78 bits per heavy atom. The van der Waals surface area contributed by atoms with Crippen LogP contribution in [0.3, 0.4) is 0 Å². The lowest BCUT2D eigenvalue weighted by atomic mass is 10.1. The maximum Gasteiger partial charge on any atom is 0.255 e. The van der Waals surface area contributed by atoms with Crippen LogP contribution in [0.15, 0.2) is 53.9 Å². The number of benzene rings is 2. The smallest absolute Gasteiger partial charge is 0.255 e. The third-order valence-electron chi connectivity index (χ3n) is 3.88. The molecular formula is C21H22N2O3S. The van der Waals surface area contributed by atoms with Gasteiger partial charge in [-0.3, -0.25) is 4.79 Å². The first kappa shape index (κ1) is 19.1. The summed E-state index contributed by atoms with van der Waals surface area (Å²) in [6.07, 6.45) is 0. The minimum Gasteiger partial charge on any atom is -0.487 e. The molecule has 0 saturated heterocycles. The molecule has 27 heavy (non-hydrogen) atoms. The van der Waals surface area contributed by atoms with E-state index in [1.54, 1.807) is 23.5 Å². The number of nitrogens with zero attached hydrogens (tertiary/aromatic N) is 1. The van der Waals surface area contributed by atoms with Gasteiger partial charge in [-0.15, -0.1) is 11.3 Å². The Morgan fingerprint density at radius 2 is 2.00 bits per heavy atom. The van der Waals surface area contributed by atoms with Crippen molar-refractivity contribution < 1.29 is 14.3 Å². The Morgan fingerprint density at radius 1 is 1.15 bits per heavy atom. The van der Waals surface area contributed by atoms with Crippen molar-refractivity contribution in [3.8, 4) is 5.75 Å². The number of hydrogen-bond donors (Lipinski definition) is 1. The number of thiazole rings is 1. The SMILES string of the molecule is CCOCc1ccccc1NC(=O)c1cccc(OCc2csc(C)n2)c1. The molecule has 0 radical (unpaired) electrons. The average Bonchev–Trinajstić information content (AvgIpc) is 3.11. The molecule has 0 aliphatic rings. The molecule has 1 heterocycles. The second kappa shape index (κ2) is 9.30. The molecule has 6 heteroatoms. The van der Waals surface area contributed by atoms with Gasteiger partial charge in [0.15, 0.2) is 0 Å². The number of anilines is 1. The van der Waals surface area contributed by atoms with Gasteiger partial charge < -0.3 is 14.8 Å². The molecule has 1 amide bonds. The second-order valence-corrected chi connectivity index (χ2v) is 6.99. The van der Waals surface area contributed by atoms with Crippen molar-refractivity contribution >= 4 is 22.9 Å². The fraction of sp³-hybridized carbons (Fsp3) is 0.238. The number of nitrogens with one attached hydrogen (secondary N) is 1. The lowest BCUT2D eigenvalue weighted by Crippen LogP contribution is -2.13. The predicted molar refractivity (Wildman–Crippen MR) is 107 cm³/mol. The number of hydrogen-bond acceptors (Lipinski definition) is 5. The van der Waals surface area contributed by atoms with Crippen molar-refractivity contribution in [2.75, 3.05) is 11.9 Å². The van der Waals surface area contributed by atoms with E-state index in [0.29, 0.717) is 31.1 Å². The maximum atomic E-state index is 12.7. The second-order valence-electron chi connectivity index (χ2n) is 5.92. The van der Waals surface area contributed by atoms with Crippen LogP contribution in [0.2, 0.25) is 0 Å². The van der Waals surface area contributed by atoms with Crippen LogP contribution in [-0.2, 0) is 18.0 Å². The molecule has 3 rings (SSSR count). The Kier molecular flexibility index (Phi) is 6.57. The van der Waals surface area contributed by atoms with Crippen molar-refractivity contribution in [1.82, 2.24) is 4.98 Å². The standard InChI is InChI=1S/C21H22N2O3S/c1-3-25-12-17-7-4-5-10-20(17)23-21(24)16-8-6-9-19(11-16)26-13-18-14-27-15(2)22-18/h4-11,14H,3,12-13H2,1-2H3,(H,23,24). The Labute approximate surface area is 163 Å². The molecule has 1 aromatic heterocycles. The van der Waals surface area contributed by atoms with E-state index >= 15 is 0 Å². The molecule has 2 aromatic carbocycles. The predicted octanol–water partition coefficient (Wildman–Crippen LogP) is 4.82. The quantitative estimate of drug-likeness (QED) is 0.607. The van der Waals surface area contributed by atoms with Gasteiger partial charge in [0, 0.05) is 28.8 Å². The van der Waals surface area contributed by atoms with Crippen LogP contribution < -0.4 is 10.1 Å². The molecule has 3 aromatic rings. The van der Waals surface area contributed by atoms with Crippen LogP contribution in [0.25, 0.3) is 0 Å². The number of rotatable bonds is 8. The largest absolute Gasteiger partial charge is 0.487 e. The zero-order valence-corrected chi connectivity index (χ0v) is 16.2. The fourth-order valence-corrected chi connectivity index (χ4v) is 3.13. The molecule has 0 atom stereocenters. The number of para-hydroxylation sites is 1. The van der Waals surface area contributed by atoms with E-state index in [2.05, 4.69) is 10.3 Å². The lowest BCUT2D eigenvalue weighted by Gasteiger charge is -2.12. The first-order valence-corrected chi connectivity index (χ1v) is 9.64. The normalized spacial score (nSPS) is 10.6. The topological polar surface area (TPSA) is 60.5 Å². The Balaban J connectivity index is 1.67. The van der Waals surface area contributed by atoms with Crippen molar-refractivity contribution in [3.05, 3.63) is 75.7 Å². The van der Waals surface area contributed by atoms with E-state index < -0.39 is 0 Å². The van der Waals surface area contributed by atoms with E-state index in [0.717, 1.165) is 22.0 Å². The van der Waals surface area contributed by atoms with Crippen LogP contribution in [0.1, 0.15) is 33.5 Å². The molecule has 140 valence electrons. The van der Waals surface area contributed by atoms with Gasteiger partial charge in [0.1, 0.15) is 12.4 Å². The Hall–Kier alpha value is -2.70.